The van der Waals surface area contributed by atoms with Gasteiger partial charge in [0.15, 0.2) is 17.3 Å². The Morgan fingerprint density at radius 2 is 1.67 bits per heavy atom. The third-order valence-corrected chi connectivity index (χ3v) is 6.83. The van der Waals surface area contributed by atoms with E-state index in [1.54, 1.807) is 12.1 Å². The molecular formula is C27H16FN3O8. The van der Waals surface area contributed by atoms with Crippen LogP contribution in [-0.2, 0) is 16.1 Å². The summed E-state index contributed by atoms with van der Waals surface area (Å²) in [5, 5.41) is 4.53. The van der Waals surface area contributed by atoms with Crippen LogP contribution in [0.25, 0.3) is 0 Å². The normalized spacial score (nSPS) is 18.1. The van der Waals surface area contributed by atoms with Crippen molar-refractivity contribution in [3.05, 3.63) is 93.2 Å². The molecule has 194 valence electrons. The molecule has 0 bridgehead atoms. The fourth-order valence-electron chi connectivity index (χ4n) is 4.96. The van der Waals surface area contributed by atoms with Crippen molar-refractivity contribution in [1.29, 1.82) is 0 Å². The molecule has 1 fully saturated rings. The Kier molecular flexibility index (Phi) is 5.35. The van der Waals surface area contributed by atoms with Gasteiger partial charge in [-0.15, -0.1) is 0 Å². The highest BCUT2D eigenvalue weighted by atomic mass is 19.1. The Bertz CT molecular complexity index is 1650. The van der Waals surface area contributed by atoms with E-state index in [0.717, 1.165) is 12.1 Å². The second-order valence-electron chi connectivity index (χ2n) is 9.19. The fourth-order valence-corrected chi connectivity index (χ4v) is 4.96. The molecule has 2 aliphatic heterocycles. The van der Waals surface area contributed by atoms with Crippen LogP contribution in [0.2, 0.25) is 0 Å². The van der Waals surface area contributed by atoms with Gasteiger partial charge in [0.25, 0.3) is 17.7 Å². The molecule has 6 rings (SSSR count). The number of halogens is 1. The first-order valence-corrected chi connectivity index (χ1v) is 11.8. The number of amides is 5. The molecule has 0 radical (unpaired) electrons. The van der Waals surface area contributed by atoms with E-state index in [0.29, 0.717) is 4.90 Å². The Labute approximate surface area is 217 Å². The summed E-state index contributed by atoms with van der Waals surface area (Å²) in [4.78, 5) is 88.3. The number of carbonyl (C=O) groups is 7. The number of imide groups is 2. The number of nitrogens with one attached hydrogen (secondary N) is 2. The minimum absolute atomic E-state index is 0.0509. The number of piperidine rings is 1. The topological polar surface area (TPSA) is 160 Å². The molecule has 3 aliphatic rings. The van der Waals surface area contributed by atoms with E-state index >= 15 is 0 Å². The van der Waals surface area contributed by atoms with Crippen molar-refractivity contribution in [1.82, 2.24) is 15.5 Å². The second kappa shape index (κ2) is 8.65. The maximum Gasteiger partial charge on any atom is 0.287 e. The molecular weight excluding hydrogens is 513 g/mol. The van der Waals surface area contributed by atoms with Crippen LogP contribution in [-0.4, -0.2) is 52.0 Å². The lowest BCUT2D eigenvalue weighted by Gasteiger charge is -2.27. The number of benzene rings is 2. The zero-order valence-corrected chi connectivity index (χ0v) is 19.8. The summed E-state index contributed by atoms with van der Waals surface area (Å²) in [6, 6.07) is 8.29. The molecule has 1 aromatic heterocycles. The van der Waals surface area contributed by atoms with Gasteiger partial charge in [-0.25, -0.2) is 4.39 Å². The minimum atomic E-state index is -1.25. The molecule has 11 nitrogen and oxygen atoms in total. The maximum absolute atomic E-state index is 14.9. The van der Waals surface area contributed by atoms with Crippen LogP contribution in [0, 0.1) is 5.82 Å². The average molecular weight is 529 g/mol. The lowest BCUT2D eigenvalue weighted by atomic mass is 9.89. The van der Waals surface area contributed by atoms with E-state index in [9.17, 15) is 38.0 Å². The molecule has 2 N–H and O–H groups in total. The van der Waals surface area contributed by atoms with Gasteiger partial charge in [-0.05, 0) is 24.1 Å². The van der Waals surface area contributed by atoms with Crippen molar-refractivity contribution >= 4 is 41.1 Å². The molecule has 39 heavy (non-hydrogen) atoms. The predicted octanol–water partition coefficient (Wildman–Crippen LogP) is 1.53. The SMILES string of the molecule is O=C1CCC(N2C(=O)c3cc(CNC(=O)c4cc5c(o4)C(=O)c4ccccc4C5=O)cc(F)c3C2=O)C(=O)N1. The summed E-state index contributed by atoms with van der Waals surface area (Å²) in [6.45, 7) is -0.295. The number of ketones is 2. The molecule has 12 heteroatoms. The monoisotopic (exact) mass is 529 g/mol. The summed E-state index contributed by atoms with van der Waals surface area (Å²) < 4.78 is 20.3. The minimum Gasteiger partial charge on any atom is -0.447 e. The molecule has 1 saturated heterocycles. The number of furan rings is 1. The van der Waals surface area contributed by atoms with Crippen LogP contribution in [0.1, 0.15) is 81.7 Å². The fraction of sp³-hybridized carbons (Fsp3) is 0.148. The van der Waals surface area contributed by atoms with E-state index in [2.05, 4.69) is 10.6 Å². The number of hydrogen-bond donors (Lipinski definition) is 2. The van der Waals surface area contributed by atoms with Gasteiger partial charge in [-0.3, -0.25) is 43.8 Å². The van der Waals surface area contributed by atoms with Gasteiger partial charge < -0.3 is 9.73 Å². The summed E-state index contributed by atoms with van der Waals surface area (Å²) in [6.07, 6.45) is -0.160. The zero-order chi connectivity index (χ0) is 27.6. The maximum atomic E-state index is 14.9. The first-order chi connectivity index (χ1) is 18.7. The van der Waals surface area contributed by atoms with Gasteiger partial charge in [0.1, 0.15) is 11.9 Å². The van der Waals surface area contributed by atoms with Crippen molar-refractivity contribution in [2.45, 2.75) is 25.4 Å². The molecule has 1 atom stereocenters. The largest absolute Gasteiger partial charge is 0.447 e. The summed E-state index contributed by atoms with van der Waals surface area (Å²) in [7, 11) is 0. The lowest BCUT2D eigenvalue weighted by molar-refractivity contribution is -0.136. The molecule has 1 aliphatic carbocycles. The highest BCUT2D eigenvalue weighted by Gasteiger charge is 2.46. The van der Waals surface area contributed by atoms with Crippen molar-refractivity contribution in [2.75, 3.05) is 0 Å². The van der Waals surface area contributed by atoms with Gasteiger partial charge in [0.05, 0.1) is 16.7 Å². The van der Waals surface area contributed by atoms with Crippen LogP contribution in [0.15, 0.2) is 46.9 Å². The number of carbonyl (C=O) groups excluding carboxylic acids is 7. The molecule has 3 aromatic rings. The van der Waals surface area contributed by atoms with Gasteiger partial charge in [0, 0.05) is 30.2 Å². The number of nitrogens with zero attached hydrogens (tertiary/aromatic N) is 1. The number of rotatable bonds is 4. The molecule has 2 aromatic carbocycles. The van der Waals surface area contributed by atoms with Crippen LogP contribution < -0.4 is 10.6 Å². The van der Waals surface area contributed by atoms with Gasteiger partial charge in [0.2, 0.25) is 17.6 Å². The second-order valence-corrected chi connectivity index (χ2v) is 9.19. The van der Waals surface area contributed by atoms with Crippen LogP contribution in [0.5, 0.6) is 0 Å². The Morgan fingerprint density at radius 1 is 0.949 bits per heavy atom. The quantitative estimate of drug-likeness (QED) is 0.377. The van der Waals surface area contributed by atoms with Crippen LogP contribution in [0.3, 0.4) is 0 Å². The first kappa shape index (κ1) is 24.1. The van der Waals surface area contributed by atoms with Gasteiger partial charge >= 0.3 is 0 Å². The molecule has 5 amide bonds. The third-order valence-electron chi connectivity index (χ3n) is 6.83. The van der Waals surface area contributed by atoms with Crippen molar-refractivity contribution in [3.63, 3.8) is 0 Å². The Hall–Kier alpha value is -5.26. The van der Waals surface area contributed by atoms with Crippen LogP contribution >= 0.6 is 0 Å². The number of fused-ring (bicyclic) bond motifs is 3. The molecule has 0 saturated carbocycles. The van der Waals surface area contributed by atoms with Crippen molar-refractivity contribution in [2.24, 2.45) is 0 Å². The van der Waals surface area contributed by atoms with Crippen molar-refractivity contribution in [3.8, 4) is 0 Å². The predicted molar refractivity (Wildman–Crippen MR) is 126 cm³/mol. The first-order valence-electron chi connectivity index (χ1n) is 11.8. The standard InChI is InChI=1S/C27H16FN3O8/c28-16-8-11(7-14-20(16)27(38)31(26(14)37)17-5-6-19(32)30-24(17)35)10-29-25(36)18-9-15-21(33)12-3-1-2-4-13(12)22(34)23(15)39-18/h1-4,7-9,17H,5-6,10H2,(H,29,36)(H,30,32,35). The summed E-state index contributed by atoms with van der Waals surface area (Å²) >= 11 is 0. The summed E-state index contributed by atoms with van der Waals surface area (Å²) in [5.41, 5.74) is -0.351. The summed E-state index contributed by atoms with van der Waals surface area (Å²) in [5.74, 6) is -6.65. The highest BCUT2D eigenvalue weighted by Crippen LogP contribution is 2.31. The number of hydrogen-bond acceptors (Lipinski definition) is 8. The molecule has 3 heterocycles. The van der Waals surface area contributed by atoms with E-state index in [4.69, 9.17) is 4.42 Å². The van der Waals surface area contributed by atoms with E-state index in [1.165, 1.54) is 18.2 Å². The Morgan fingerprint density at radius 3 is 2.38 bits per heavy atom. The van der Waals surface area contributed by atoms with Gasteiger partial charge in [-0.2, -0.15) is 0 Å². The van der Waals surface area contributed by atoms with E-state index < -0.39 is 58.5 Å². The van der Waals surface area contributed by atoms with E-state index in [-0.39, 0.29) is 58.7 Å². The lowest BCUT2D eigenvalue weighted by Crippen LogP contribution is -2.54. The van der Waals surface area contributed by atoms with Crippen molar-refractivity contribution < 1.29 is 42.4 Å². The smallest absolute Gasteiger partial charge is 0.287 e. The van der Waals surface area contributed by atoms with Crippen LogP contribution in [0.4, 0.5) is 4.39 Å². The zero-order valence-electron chi connectivity index (χ0n) is 19.8. The average Bonchev–Trinajstić information content (AvgIpc) is 3.47. The van der Waals surface area contributed by atoms with E-state index in [1.807, 2.05) is 0 Å². The highest BCUT2D eigenvalue weighted by molar-refractivity contribution is 6.28. The molecule has 0 spiro atoms. The van der Waals surface area contributed by atoms with Gasteiger partial charge in [-0.1, -0.05) is 24.3 Å². The third kappa shape index (κ3) is 3.68. The Balaban J connectivity index is 1.21. The molecule has 1 unspecified atom stereocenters.